The lowest BCUT2D eigenvalue weighted by Crippen LogP contribution is -2.41. The highest BCUT2D eigenvalue weighted by atomic mass is 19.1. The molecule has 0 bridgehead atoms. The molecule has 2 heterocycles. The first-order valence-corrected chi connectivity index (χ1v) is 9.28. The Morgan fingerprint density at radius 1 is 1.31 bits per heavy atom. The highest BCUT2D eigenvalue weighted by molar-refractivity contribution is 6.04. The van der Waals surface area contributed by atoms with E-state index in [0.717, 1.165) is 12.8 Å². The quantitative estimate of drug-likeness (QED) is 0.789. The van der Waals surface area contributed by atoms with E-state index in [-0.39, 0.29) is 24.2 Å². The third-order valence-electron chi connectivity index (χ3n) is 5.18. The fourth-order valence-corrected chi connectivity index (χ4v) is 3.69. The molecule has 3 rings (SSSR count). The average Bonchev–Trinajstić information content (AvgIpc) is 2.93. The number of benzene rings is 1. The van der Waals surface area contributed by atoms with E-state index in [2.05, 4.69) is 5.32 Å². The Kier molecular flexibility index (Phi) is 5.76. The number of hydrogen-bond acceptors (Lipinski definition) is 4. The van der Waals surface area contributed by atoms with E-state index in [0.29, 0.717) is 37.6 Å². The van der Waals surface area contributed by atoms with Crippen LogP contribution < -0.4 is 10.2 Å². The first-order chi connectivity index (χ1) is 12.5. The lowest BCUT2D eigenvalue weighted by atomic mass is 9.94. The Morgan fingerprint density at radius 2 is 2.08 bits per heavy atom. The van der Waals surface area contributed by atoms with Gasteiger partial charge >= 0.3 is 6.03 Å². The number of nitrogens with zero attached hydrogens (tertiary/aromatic N) is 2. The van der Waals surface area contributed by atoms with Crippen LogP contribution in [0.3, 0.4) is 0 Å². The van der Waals surface area contributed by atoms with Gasteiger partial charge in [0.05, 0.1) is 18.8 Å². The summed E-state index contributed by atoms with van der Waals surface area (Å²) < 4.78 is 19.9. The zero-order valence-electron chi connectivity index (χ0n) is 15.3. The number of ether oxygens (including phenoxy) is 1. The van der Waals surface area contributed by atoms with Crippen molar-refractivity contribution >= 4 is 17.6 Å². The summed E-state index contributed by atoms with van der Waals surface area (Å²) in [6, 6.07) is 3.93. The zero-order chi connectivity index (χ0) is 18.7. The molecule has 2 aliphatic rings. The molecule has 0 saturated carbocycles. The molecular weight excluding hydrogens is 337 g/mol. The molecule has 0 spiro atoms. The monoisotopic (exact) mass is 363 g/mol. The predicted octanol–water partition coefficient (Wildman–Crippen LogP) is 2.52. The van der Waals surface area contributed by atoms with Crippen molar-refractivity contribution in [1.29, 1.82) is 0 Å². The van der Waals surface area contributed by atoms with E-state index >= 15 is 0 Å². The summed E-state index contributed by atoms with van der Waals surface area (Å²) in [6.07, 6.45) is 1.75. The van der Waals surface area contributed by atoms with Crippen LogP contribution in [-0.2, 0) is 16.1 Å². The molecule has 1 N–H and O–H groups in total. The van der Waals surface area contributed by atoms with Crippen molar-refractivity contribution in [1.82, 2.24) is 10.2 Å². The van der Waals surface area contributed by atoms with E-state index in [1.165, 1.54) is 11.0 Å². The molecule has 2 saturated heterocycles. The number of urea groups is 1. The van der Waals surface area contributed by atoms with Gasteiger partial charge in [0.1, 0.15) is 11.9 Å². The van der Waals surface area contributed by atoms with Gasteiger partial charge in [0.2, 0.25) is 0 Å². The van der Waals surface area contributed by atoms with Crippen LogP contribution in [0.4, 0.5) is 14.9 Å². The molecule has 3 amide bonds. The van der Waals surface area contributed by atoms with Crippen molar-refractivity contribution in [2.75, 3.05) is 31.2 Å². The third-order valence-corrected chi connectivity index (χ3v) is 5.18. The van der Waals surface area contributed by atoms with Crippen LogP contribution in [0.25, 0.3) is 0 Å². The molecule has 1 aromatic carbocycles. The number of rotatable bonds is 6. The summed E-state index contributed by atoms with van der Waals surface area (Å²) in [5, 5.41) is 2.76. The van der Waals surface area contributed by atoms with Gasteiger partial charge in [0.25, 0.3) is 5.91 Å². The molecule has 0 unspecified atom stereocenters. The maximum atomic E-state index is 14.4. The summed E-state index contributed by atoms with van der Waals surface area (Å²) in [5.41, 5.74) is 1.13. The average molecular weight is 363 g/mol. The Balaban J connectivity index is 1.71. The molecular formula is C19H26FN3O3. The number of amides is 3. The van der Waals surface area contributed by atoms with Gasteiger partial charge in [-0.3, -0.25) is 9.69 Å². The number of nitrogens with one attached hydrogen (secondary N) is 1. The standard InChI is InChI=1S/C19H26FN3O3/c1-3-22(4-2)16-8-7-13(10-15(16)20)11-23-18(24)17(21-19(23)25)14-6-5-9-26-12-14/h7-8,10,14,17H,3-6,9,11-12H2,1-2H3,(H,21,25)/t14-,17-/m0/s1. The van der Waals surface area contributed by atoms with Crippen LogP contribution in [-0.4, -0.2) is 49.2 Å². The highest BCUT2D eigenvalue weighted by Gasteiger charge is 2.42. The summed E-state index contributed by atoms with van der Waals surface area (Å²) >= 11 is 0. The molecule has 2 atom stereocenters. The van der Waals surface area contributed by atoms with Gasteiger partial charge in [-0.15, -0.1) is 0 Å². The fourth-order valence-electron chi connectivity index (χ4n) is 3.69. The Bertz CT molecular complexity index is 672. The molecule has 2 fully saturated rings. The van der Waals surface area contributed by atoms with Crippen molar-refractivity contribution in [3.05, 3.63) is 29.6 Å². The summed E-state index contributed by atoms with van der Waals surface area (Å²) in [4.78, 5) is 28.0. The molecule has 7 heteroatoms. The van der Waals surface area contributed by atoms with Crippen molar-refractivity contribution < 1.29 is 18.7 Å². The van der Waals surface area contributed by atoms with Gasteiger partial charge < -0.3 is 15.0 Å². The first kappa shape index (κ1) is 18.6. The molecule has 2 aliphatic heterocycles. The molecule has 6 nitrogen and oxygen atoms in total. The van der Waals surface area contributed by atoms with Gasteiger partial charge in [0, 0.05) is 25.6 Å². The third kappa shape index (κ3) is 3.67. The van der Waals surface area contributed by atoms with E-state index in [9.17, 15) is 14.0 Å². The van der Waals surface area contributed by atoms with Gasteiger partial charge in [-0.25, -0.2) is 9.18 Å². The fraction of sp³-hybridized carbons (Fsp3) is 0.579. The number of halogens is 1. The maximum Gasteiger partial charge on any atom is 0.325 e. The van der Waals surface area contributed by atoms with Gasteiger partial charge in [-0.1, -0.05) is 6.07 Å². The van der Waals surface area contributed by atoms with Gasteiger partial charge in [-0.05, 0) is 44.4 Å². The summed E-state index contributed by atoms with van der Waals surface area (Å²) in [6.45, 7) is 6.63. The second kappa shape index (κ2) is 8.03. The Hall–Kier alpha value is -2.15. The SMILES string of the molecule is CCN(CC)c1ccc(CN2C(=O)N[C@@H]([C@H]3CCCOC3)C2=O)cc1F. The molecule has 26 heavy (non-hydrogen) atoms. The topological polar surface area (TPSA) is 61.9 Å². The molecule has 1 aromatic rings. The summed E-state index contributed by atoms with van der Waals surface area (Å²) in [7, 11) is 0. The molecule has 0 aliphatic carbocycles. The van der Waals surface area contributed by atoms with Crippen molar-refractivity contribution in [3.8, 4) is 0 Å². The minimum atomic E-state index is -0.539. The number of imide groups is 1. The lowest BCUT2D eigenvalue weighted by Gasteiger charge is -2.25. The predicted molar refractivity (Wildman–Crippen MR) is 96.4 cm³/mol. The number of carbonyl (C=O) groups excluding carboxylic acids is 2. The van der Waals surface area contributed by atoms with E-state index in [4.69, 9.17) is 4.74 Å². The van der Waals surface area contributed by atoms with E-state index in [1.807, 2.05) is 18.7 Å². The highest BCUT2D eigenvalue weighted by Crippen LogP contribution is 2.25. The molecule has 0 radical (unpaired) electrons. The number of hydrogen-bond donors (Lipinski definition) is 1. The van der Waals surface area contributed by atoms with Crippen LogP contribution in [0.1, 0.15) is 32.3 Å². The van der Waals surface area contributed by atoms with Crippen molar-refractivity contribution in [2.24, 2.45) is 5.92 Å². The van der Waals surface area contributed by atoms with E-state index < -0.39 is 12.1 Å². The first-order valence-electron chi connectivity index (χ1n) is 9.28. The molecule has 0 aromatic heterocycles. The maximum absolute atomic E-state index is 14.4. The van der Waals surface area contributed by atoms with Crippen LogP contribution >= 0.6 is 0 Å². The zero-order valence-corrected chi connectivity index (χ0v) is 15.3. The van der Waals surface area contributed by atoms with E-state index in [1.54, 1.807) is 12.1 Å². The van der Waals surface area contributed by atoms with Crippen molar-refractivity contribution in [2.45, 2.75) is 39.3 Å². The van der Waals surface area contributed by atoms with Gasteiger partial charge in [-0.2, -0.15) is 0 Å². The Morgan fingerprint density at radius 3 is 2.69 bits per heavy atom. The normalized spacial score (nSPS) is 23.3. The summed E-state index contributed by atoms with van der Waals surface area (Å²) in [5.74, 6) is -0.582. The number of carbonyl (C=O) groups is 2. The second-order valence-electron chi connectivity index (χ2n) is 6.79. The minimum absolute atomic E-state index is 0.00646. The smallest absolute Gasteiger partial charge is 0.325 e. The largest absolute Gasteiger partial charge is 0.381 e. The minimum Gasteiger partial charge on any atom is -0.381 e. The van der Waals surface area contributed by atoms with Crippen molar-refractivity contribution in [3.63, 3.8) is 0 Å². The van der Waals surface area contributed by atoms with Gasteiger partial charge in [0.15, 0.2) is 0 Å². The Labute approximate surface area is 153 Å². The second-order valence-corrected chi connectivity index (χ2v) is 6.79. The van der Waals surface area contributed by atoms with Crippen LogP contribution in [0.5, 0.6) is 0 Å². The van der Waals surface area contributed by atoms with Crippen LogP contribution in [0, 0.1) is 11.7 Å². The number of anilines is 1. The lowest BCUT2D eigenvalue weighted by molar-refractivity contribution is -0.130. The molecule has 142 valence electrons. The van der Waals surface area contributed by atoms with Crippen LogP contribution in [0.15, 0.2) is 18.2 Å². The van der Waals surface area contributed by atoms with Crippen LogP contribution in [0.2, 0.25) is 0 Å².